The van der Waals surface area contributed by atoms with Gasteiger partial charge in [-0.1, -0.05) is 39.0 Å². The highest BCUT2D eigenvalue weighted by Gasteiger charge is 2.40. The van der Waals surface area contributed by atoms with Gasteiger partial charge in [0.1, 0.15) is 11.5 Å². The molecule has 1 aromatic carbocycles. The van der Waals surface area contributed by atoms with Crippen molar-refractivity contribution in [2.24, 2.45) is 5.41 Å². The monoisotopic (exact) mass is 216 g/mol. The highest BCUT2D eigenvalue weighted by Crippen LogP contribution is 2.38. The van der Waals surface area contributed by atoms with E-state index in [0.29, 0.717) is 0 Å². The van der Waals surface area contributed by atoms with Gasteiger partial charge < -0.3 is 9.31 Å². The predicted molar refractivity (Wildman–Crippen MR) is 66.7 cm³/mol. The van der Waals surface area contributed by atoms with Crippen molar-refractivity contribution in [3.05, 3.63) is 35.8 Å². The molecule has 0 amide bonds. The molecule has 0 spiro atoms. The van der Waals surface area contributed by atoms with Crippen molar-refractivity contribution < 1.29 is 9.31 Å². The Hall–Kier alpha value is -1.38. The van der Waals surface area contributed by atoms with Crippen LogP contribution >= 0.6 is 0 Å². The molecule has 0 saturated heterocycles. The van der Waals surface area contributed by atoms with E-state index < -0.39 is 0 Å². The summed E-state index contributed by atoms with van der Waals surface area (Å²) in [6, 6.07) is 7.78. The number of para-hydroxylation sites is 2. The maximum absolute atomic E-state index is 5.80. The molecule has 1 aliphatic rings. The lowest BCUT2D eigenvalue weighted by Crippen LogP contribution is -2.34. The van der Waals surface area contributed by atoms with Gasteiger partial charge in [-0.15, -0.1) is 0 Å². The van der Waals surface area contributed by atoms with Gasteiger partial charge in [-0.05, 0) is 29.9 Å². The SMILES string of the molecule is C/C=C(/B1Oc2ccccc2O1)C(C)(C)C. The maximum Gasteiger partial charge on any atom is 0.628 e. The van der Waals surface area contributed by atoms with Gasteiger partial charge in [0.2, 0.25) is 0 Å². The van der Waals surface area contributed by atoms with Gasteiger partial charge in [-0.2, -0.15) is 0 Å². The third-order valence-electron chi connectivity index (χ3n) is 2.75. The smallest absolute Gasteiger partial charge is 0.519 e. The Morgan fingerprint density at radius 2 is 1.62 bits per heavy atom. The van der Waals surface area contributed by atoms with Crippen LogP contribution in [0.5, 0.6) is 11.5 Å². The first-order chi connectivity index (χ1) is 7.52. The zero-order valence-corrected chi connectivity index (χ0v) is 10.3. The second-order valence-electron chi connectivity index (χ2n) is 5.01. The van der Waals surface area contributed by atoms with E-state index >= 15 is 0 Å². The zero-order valence-electron chi connectivity index (χ0n) is 10.3. The highest BCUT2D eigenvalue weighted by molar-refractivity contribution is 6.56. The summed E-state index contributed by atoms with van der Waals surface area (Å²) in [5.74, 6) is 1.66. The fourth-order valence-electron chi connectivity index (χ4n) is 1.95. The van der Waals surface area contributed by atoms with Gasteiger partial charge in [0.05, 0.1) is 0 Å². The number of fused-ring (bicyclic) bond motifs is 1. The number of hydrogen-bond donors (Lipinski definition) is 0. The molecule has 0 fully saturated rings. The minimum absolute atomic E-state index is 0.0570. The van der Waals surface area contributed by atoms with Crippen LogP contribution in [0.2, 0.25) is 0 Å². The summed E-state index contributed by atoms with van der Waals surface area (Å²) in [5, 5.41) is 0. The van der Waals surface area contributed by atoms with Crippen LogP contribution < -0.4 is 9.31 Å². The molecule has 0 radical (unpaired) electrons. The summed E-state index contributed by atoms with van der Waals surface area (Å²) in [6.07, 6.45) is 2.08. The van der Waals surface area contributed by atoms with E-state index in [9.17, 15) is 0 Å². The van der Waals surface area contributed by atoms with E-state index in [0.717, 1.165) is 11.5 Å². The van der Waals surface area contributed by atoms with Gasteiger partial charge in [0.25, 0.3) is 0 Å². The van der Waals surface area contributed by atoms with Crippen LogP contribution in [0.15, 0.2) is 35.8 Å². The Balaban J connectivity index is 2.23. The van der Waals surface area contributed by atoms with Gasteiger partial charge in [-0.25, -0.2) is 0 Å². The van der Waals surface area contributed by atoms with E-state index in [1.165, 1.54) is 5.47 Å². The molecule has 1 aliphatic heterocycles. The van der Waals surface area contributed by atoms with Crippen LogP contribution in [-0.4, -0.2) is 7.12 Å². The molecule has 0 bridgehead atoms. The van der Waals surface area contributed by atoms with E-state index in [1.807, 2.05) is 31.2 Å². The van der Waals surface area contributed by atoms with Crippen molar-refractivity contribution >= 4 is 7.12 Å². The molecular formula is C13H17BO2. The zero-order chi connectivity index (χ0) is 11.8. The summed E-state index contributed by atoms with van der Waals surface area (Å²) < 4.78 is 11.6. The van der Waals surface area contributed by atoms with Crippen LogP contribution in [0.4, 0.5) is 0 Å². The van der Waals surface area contributed by atoms with Crippen molar-refractivity contribution in [1.29, 1.82) is 0 Å². The van der Waals surface area contributed by atoms with Crippen LogP contribution in [-0.2, 0) is 0 Å². The van der Waals surface area contributed by atoms with Crippen LogP contribution in [0.25, 0.3) is 0 Å². The first-order valence-electron chi connectivity index (χ1n) is 5.61. The molecule has 2 rings (SSSR count). The van der Waals surface area contributed by atoms with Gasteiger partial charge in [-0.3, -0.25) is 0 Å². The molecule has 0 aromatic heterocycles. The average Bonchev–Trinajstić information content (AvgIpc) is 2.59. The molecule has 0 saturated carbocycles. The molecule has 0 N–H and O–H groups in total. The Kier molecular flexibility index (Phi) is 2.70. The standard InChI is InChI=1S/C13H17BO2/c1-5-12(13(2,3)4)14-15-10-8-6-7-9-11(10)16-14/h5-9H,1-4H3/b12-5+. The Morgan fingerprint density at radius 3 is 2.00 bits per heavy atom. The molecule has 0 aliphatic carbocycles. The molecule has 16 heavy (non-hydrogen) atoms. The molecule has 84 valence electrons. The molecule has 1 heterocycles. The topological polar surface area (TPSA) is 18.5 Å². The number of rotatable bonds is 1. The molecule has 0 unspecified atom stereocenters. The molecular weight excluding hydrogens is 199 g/mol. The Bertz CT molecular complexity index is 393. The van der Waals surface area contributed by atoms with E-state index in [2.05, 4.69) is 26.8 Å². The first-order valence-corrected chi connectivity index (χ1v) is 5.61. The van der Waals surface area contributed by atoms with Crippen LogP contribution in [0.1, 0.15) is 27.7 Å². The molecule has 2 nitrogen and oxygen atoms in total. The maximum atomic E-state index is 5.80. The number of hydrogen-bond acceptors (Lipinski definition) is 2. The number of benzene rings is 1. The fraction of sp³-hybridized carbons (Fsp3) is 0.385. The molecule has 3 heteroatoms. The van der Waals surface area contributed by atoms with Crippen molar-refractivity contribution in [3.63, 3.8) is 0 Å². The van der Waals surface area contributed by atoms with Gasteiger partial charge in [0, 0.05) is 0 Å². The van der Waals surface area contributed by atoms with Crippen molar-refractivity contribution in [2.45, 2.75) is 27.7 Å². The largest absolute Gasteiger partial charge is 0.628 e. The molecule has 1 aromatic rings. The second-order valence-corrected chi connectivity index (χ2v) is 5.01. The van der Waals surface area contributed by atoms with Crippen LogP contribution in [0.3, 0.4) is 0 Å². The normalized spacial score (nSPS) is 15.5. The lowest BCUT2D eigenvalue weighted by molar-refractivity contribution is 0.456. The third-order valence-corrected chi connectivity index (χ3v) is 2.75. The minimum Gasteiger partial charge on any atom is -0.519 e. The van der Waals surface area contributed by atoms with E-state index in [4.69, 9.17) is 9.31 Å². The predicted octanol–water partition coefficient (Wildman–Crippen LogP) is 3.48. The quantitative estimate of drug-likeness (QED) is 0.669. The summed E-state index contributed by atoms with van der Waals surface area (Å²) in [5.41, 5.74) is 1.23. The average molecular weight is 216 g/mol. The number of allylic oxidation sites excluding steroid dienone is 2. The molecule has 0 atom stereocenters. The van der Waals surface area contributed by atoms with Crippen LogP contribution in [0, 0.1) is 5.41 Å². The summed E-state index contributed by atoms with van der Waals surface area (Å²) in [6.45, 7) is 8.52. The minimum atomic E-state index is -0.276. The van der Waals surface area contributed by atoms with Gasteiger partial charge in [0.15, 0.2) is 0 Å². The summed E-state index contributed by atoms with van der Waals surface area (Å²) in [4.78, 5) is 0. The van der Waals surface area contributed by atoms with Crippen molar-refractivity contribution in [3.8, 4) is 11.5 Å². The Labute approximate surface area is 97.4 Å². The Morgan fingerprint density at radius 1 is 1.12 bits per heavy atom. The van der Waals surface area contributed by atoms with E-state index in [-0.39, 0.29) is 12.5 Å². The summed E-state index contributed by atoms with van der Waals surface area (Å²) in [7, 11) is -0.276. The fourth-order valence-corrected chi connectivity index (χ4v) is 1.95. The lowest BCUT2D eigenvalue weighted by atomic mass is 9.65. The van der Waals surface area contributed by atoms with Gasteiger partial charge >= 0.3 is 7.12 Å². The van der Waals surface area contributed by atoms with Crippen molar-refractivity contribution in [2.75, 3.05) is 0 Å². The third kappa shape index (κ3) is 1.94. The first kappa shape index (κ1) is 11.1. The van der Waals surface area contributed by atoms with E-state index in [1.54, 1.807) is 0 Å². The summed E-state index contributed by atoms with van der Waals surface area (Å²) >= 11 is 0. The van der Waals surface area contributed by atoms with Crippen molar-refractivity contribution in [1.82, 2.24) is 0 Å². The lowest BCUT2D eigenvalue weighted by Gasteiger charge is -2.23. The second kappa shape index (κ2) is 3.89. The highest BCUT2D eigenvalue weighted by atomic mass is 16.6.